The summed E-state index contributed by atoms with van der Waals surface area (Å²) in [5.74, 6) is 2.34. The Balaban J connectivity index is 1.57. The minimum atomic E-state index is 0.620. The van der Waals surface area contributed by atoms with Gasteiger partial charge >= 0.3 is 0 Å². The number of imidazole rings is 1. The minimum absolute atomic E-state index is 0.620. The quantitative estimate of drug-likeness (QED) is 0.414. The Morgan fingerprint density at radius 2 is 1.96 bits per heavy atom. The van der Waals surface area contributed by atoms with Crippen molar-refractivity contribution >= 4 is 34.0 Å². The van der Waals surface area contributed by atoms with E-state index in [1.54, 1.807) is 18.3 Å². The van der Waals surface area contributed by atoms with Crippen LogP contribution in [0.25, 0.3) is 16.7 Å². The molecule has 1 aromatic carbocycles. The predicted molar refractivity (Wildman–Crippen MR) is 111 cm³/mol. The van der Waals surface area contributed by atoms with Crippen molar-refractivity contribution < 1.29 is 0 Å². The third-order valence-corrected chi connectivity index (χ3v) is 4.58. The summed E-state index contributed by atoms with van der Waals surface area (Å²) in [6.45, 7) is 5.83. The fourth-order valence-electron chi connectivity index (χ4n) is 2.91. The Morgan fingerprint density at radius 1 is 1.11 bits per heavy atom. The zero-order valence-corrected chi connectivity index (χ0v) is 16.4. The number of hydrogen-bond acceptors (Lipinski definition) is 6. The van der Waals surface area contributed by atoms with Gasteiger partial charge < -0.3 is 0 Å². The summed E-state index contributed by atoms with van der Waals surface area (Å²) in [7, 11) is 0. The zero-order chi connectivity index (χ0) is 19.7. The molecule has 0 aliphatic rings. The first kappa shape index (κ1) is 18.1. The summed E-state index contributed by atoms with van der Waals surface area (Å²) >= 11 is 6.03. The number of benzene rings is 1. The fourth-order valence-corrected chi connectivity index (χ4v) is 3.08. The number of rotatable bonds is 4. The highest BCUT2D eigenvalue weighted by Gasteiger charge is 2.07. The smallest absolute Gasteiger partial charge is 0.157 e. The molecular formula is C20H18ClN7. The number of nitrogens with zero attached hydrogens (tertiary/aromatic N) is 6. The molecule has 0 saturated carbocycles. The number of hydrogen-bond donors (Lipinski definition) is 1. The SMILES string of the molecule is C/C(=N\Nc1ncnc2cc(Cl)ccc12)c1ccc(-n2cc(C)nc2C)nc1. The van der Waals surface area contributed by atoms with Crippen molar-refractivity contribution in [1.82, 2.24) is 24.5 Å². The average molecular weight is 392 g/mol. The number of pyridine rings is 1. The van der Waals surface area contributed by atoms with E-state index in [4.69, 9.17) is 11.6 Å². The number of halogens is 1. The van der Waals surface area contributed by atoms with Crippen LogP contribution in [-0.4, -0.2) is 30.2 Å². The summed E-state index contributed by atoms with van der Waals surface area (Å²) < 4.78 is 1.96. The second kappa shape index (κ2) is 7.36. The largest absolute Gasteiger partial charge is 0.288 e. The molecule has 0 unspecified atom stereocenters. The van der Waals surface area contributed by atoms with Gasteiger partial charge in [0.15, 0.2) is 5.82 Å². The van der Waals surface area contributed by atoms with Gasteiger partial charge in [-0.15, -0.1) is 0 Å². The van der Waals surface area contributed by atoms with Crippen LogP contribution in [0.2, 0.25) is 5.02 Å². The van der Waals surface area contributed by atoms with Gasteiger partial charge in [0.2, 0.25) is 0 Å². The molecule has 0 amide bonds. The molecule has 0 radical (unpaired) electrons. The molecule has 0 aliphatic carbocycles. The lowest BCUT2D eigenvalue weighted by atomic mass is 10.2. The van der Waals surface area contributed by atoms with Crippen LogP contribution in [0.1, 0.15) is 24.0 Å². The maximum atomic E-state index is 6.03. The molecular weight excluding hydrogens is 374 g/mol. The molecule has 3 heterocycles. The first-order valence-corrected chi connectivity index (χ1v) is 9.09. The molecule has 0 aliphatic heterocycles. The molecule has 8 heteroatoms. The average Bonchev–Trinajstić information content (AvgIpc) is 3.04. The zero-order valence-electron chi connectivity index (χ0n) is 15.7. The van der Waals surface area contributed by atoms with E-state index in [1.165, 1.54) is 6.33 Å². The molecule has 0 spiro atoms. The first-order valence-electron chi connectivity index (χ1n) is 8.71. The van der Waals surface area contributed by atoms with Crippen LogP contribution in [0, 0.1) is 13.8 Å². The van der Waals surface area contributed by atoms with E-state index in [1.807, 2.05) is 49.7 Å². The third kappa shape index (κ3) is 3.57. The van der Waals surface area contributed by atoms with Gasteiger partial charge in [0.25, 0.3) is 0 Å². The summed E-state index contributed by atoms with van der Waals surface area (Å²) in [5, 5.41) is 5.93. The molecule has 3 aromatic heterocycles. The van der Waals surface area contributed by atoms with Crippen molar-refractivity contribution in [1.29, 1.82) is 0 Å². The van der Waals surface area contributed by atoms with Crippen LogP contribution in [0.4, 0.5) is 5.82 Å². The van der Waals surface area contributed by atoms with Crippen LogP contribution < -0.4 is 5.43 Å². The van der Waals surface area contributed by atoms with Crippen LogP contribution in [0.5, 0.6) is 0 Å². The van der Waals surface area contributed by atoms with Crippen molar-refractivity contribution in [2.45, 2.75) is 20.8 Å². The van der Waals surface area contributed by atoms with Crippen molar-refractivity contribution in [2.24, 2.45) is 5.10 Å². The normalized spacial score (nSPS) is 11.8. The Bertz CT molecular complexity index is 1180. The van der Waals surface area contributed by atoms with Gasteiger partial charge in [-0.2, -0.15) is 5.10 Å². The van der Waals surface area contributed by atoms with Gasteiger partial charge in [-0.05, 0) is 51.1 Å². The van der Waals surface area contributed by atoms with Gasteiger partial charge in [-0.25, -0.2) is 19.9 Å². The lowest BCUT2D eigenvalue weighted by molar-refractivity contribution is 0.932. The molecule has 4 rings (SSSR count). The van der Waals surface area contributed by atoms with Gasteiger partial charge in [0.05, 0.1) is 16.9 Å². The van der Waals surface area contributed by atoms with Crippen LogP contribution in [0.3, 0.4) is 0 Å². The standard InChI is InChI=1S/C20H18ClN7/c1-12-10-28(14(3)25-12)19-7-4-15(9-22-19)13(2)26-27-20-17-6-5-16(21)8-18(17)23-11-24-20/h4-11H,1-3H3,(H,23,24,27)/b26-13+. The number of fused-ring (bicyclic) bond motifs is 1. The second-order valence-corrected chi connectivity index (χ2v) is 6.83. The molecule has 140 valence electrons. The number of anilines is 1. The van der Waals surface area contributed by atoms with Crippen molar-refractivity contribution in [2.75, 3.05) is 5.43 Å². The van der Waals surface area contributed by atoms with E-state index >= 15 is 0 Å². The second-order valence-electron chi connectivity index (χ2n) is 6.40. The third-order valence-electron chi connectivity index (χ3n) is 4.34. The lowest BCUT2D eigenvalue weighted by Crippen LogP contribution is -2.04. The van der Waals surface area contributed by atoms with Crippen molar-refractivity contribution in [3.8, 4) is 5.82 Å². The van der Waals surface area contributed by atoms with Crippen LogP contribution in [-0.2, 0) is 0 Å². The topological polar surface area (TPSA) is 80.9 Å². The molecule has 4 aromatic rings. The Morgan fingerprint density at radius 3 is 2.68 bits per heavy atom. The number of hydrazone groups is 1. The molecule has 0 atom stereocenters. The minimum Gasteiger partial charge on any atom is -0.288 e. The number of aryl methyl sites for hydroxylation is 2. The summed E-state index contributed by atoms with van der Waals surface area (Å²) in [6, 6.07) is 9.40. The fraction of sp³-hybridized carbons (Fsp3) is 0.150. The van der Waals surface area contributed by atoms with Crippen LogP contribution in [0.15, 0.2) is 54.2 Å². The lowest BCUT2D eigenvalue weighted by Gasteiger charge is -2.07. The summed E-state index contributed by atoms with van der Waals surface area (Å²) in [5.41, 5.74) is 6.44. The maximum absolute atomic E-state index is 6.03. The Kier molecular flexibility index (Phi) is 4.75. The van der Waals surface area contributed by atoms with Crippen molar-refractivity contribution in [3.05, 3.63) is 71.2 Å². The van der Waals surface area contributed by atoms with Gasteiger partial charge in [-0.3, -0.25) is 9.99 Å². The number of nitrogens with one attached hydrogen (secondary N) is 1. The van der Waals surface area contributed by atoms with Gasteiger partial charge in [0.1, 0.15) is 18.0 Å². The summed E-state index contributed by atoms with van der Waals surface area (Å²) in [4.78, 5) is 17.4. The van der Waals surface area contributed by atoms with Crippen molar-refractivity contribution in [3.63, 3.8) is 0 Å². The number of aromatic nitrogens is 5. The molecule has 0 saturated heterocycles. The molecule has 28 heavy (non-hydrogen) atoms. The highest BCUT2D eigenvalue weighted by Crippen LogP contribution is 2.22. The molecule has 0 bridgehead atoms. The Labute approximate surface area is 167 Å². The van der Waals surface area contributed by atoms with E-state index < -0.39 is 0 Å². The van der Waals surface area contributed by atoms with E-state index in [0.29, 0.717) is 10.8 Å². The molecule has 1 N–H and O–H groups in total. The van der Waals surface area contributed by atoms with Gasteiger partial charge in [-0.1, -0.05) is 11.6 Å². The molecule has 0 fully saturated rings. The van der Waals surface area contributed by atoms with E-state index in [2.05, 4.69) is 30.5 Å². The predicted octanol–water partition coefficient (Wildman–Crippen LogP) is 4.32. The van der Waals surface area contributed by atoms with E-state index in [9.17, 15) is 0 Å². The monoisotopic (exact) mass is 391 g/mol. The van der Waals surface area contributed by atoms with E-state index in [0.717, 1.165) is 39.5 Å². The Hall–Kier alpha value is -3.32. The summed E-state index contributed by atoms with van der Waals surface area (Å²) in [6.07, 6.45) is 5.24. The molecule has 7 nitrogen and oxygen atoms in total. The van der Waals surface area contributed by atoms with Gasteiger partial charge in [0, 0.05) is 28.4 Å². The van der Waals surface area contributed by atoms with E-state index in [-0.39, 0.29) is 0 Å². The maximum Gasteiger partial charge on any atom is 0.157 e. The highest BCUT2D eigenvalue weighted by molar-refractivity contribution is 6.31. The van der Waals surface area contributed by atoms with Crippen LogP contribution >= 0.6 is 11.6 Å². The first-order chi connectivity index (χ1) is 13.5. The highest BCUT2D eigenvalue weighted by atomic mass is 35.5.